The predicted octanol–water partition coefficient (Wildman–Crippen LogP) is 5.31. The highest BCUT2D eigenvalue weighted by molar-refractivity contribution is 6.30. The van der Waals surface area contributed by atoms with E-state index in [-0.39, 0.29) is 0 Å². The van der Waals surface area contributed by atoms with Crippen molar-refractivity contribution in [2.45, 2.75) is 44.9 Å². The Hall–Kier alpha value is -2.31. The number of amides is 3. The van der Waals surface area contributed by atoms with Crippen molar-refractivity contribution in [3.63, 3.8) is 0 Å². The van der Waals surface area contributed by atoms with Crippen LogP contribution >= 0.6 is 23.2 Å². The molecule has 3 rings (SSSR count). The number of carbonyl (C=O) groups is 2. The molecule has 2 unspecified atom stereocenters. The molecule has 1 aromatic heterocycles. The molecule has 0 spiro atoms. The Morgan fingerprint density at radius 2 is 1.75 bits per heavy atom. The SMILES string of the molecule is CC(C)(C)OC(=O)N1C(=O)NC(C)(c2ccc(Cl)cc2)C1c1ccc(Cl)cn1. The summed E-state index contributed by atoms with van der Waals surface area (Å²) in [5.41, 5.74) is -0.419. The maximum absolute atomic E-state index is 12.9. The number of urea groups is 1. The van der Waals surface area contributed by atoms with E-state index >= 15 is 0 Å². The van der Waals surface area contributed by atoms with Crippen LogP contribution in [0.2, 0.25) is 10.0 Å². The number of nitrogens with one attached hydrogen (secondary N) is 1. The zero-order valence-corrected chi connectivity index (χ0v) is 17.5. The lowest BCUT2D eigenvalue weighted by Gasteiger charge is -2.33. The van der Waals surface area contributed by atoms with Crippen molar-refractivity contribution in [3.05, 3.63) is 63.9 Å². The van der Waals surface area contributed by atoms with Gasteiger partial charge < -0.3 is 10.1 Å². The van der Waals surface area contributed by atoms with E-state index in [0.29, 0.717) is 15.7 Å². The van der Waals surface area contributed by atoms with Gasteiger partial charge in [-0.3, -0.25) is 4.98 Å². The average molecular weight is 422 g/mol. The van der Waals surface area contributed by atoms with E-state index in [1.807, 2.05) is 19.1 Å². The topological polar surface area (TPSA) is 71.5 Å². The summed E-state index contributed by atoms with van der Waals surface area (Å²) in [5.74, 6) is 0. The monoisotopic (exact) mass is 421 g/mol. The number of hydrogen-bond donors (Lipinski definition) is 1. The highest BCUT2D eigenvalue weighted by Gasteiger charge is 2.54. The summed E-state index contributed by atoms with van der Waals surface area (Å²) in [6.45, 7) is 7.06. The minimum atomic E-state index is -0.945. The molecule has 0 bridgehead atoms. The minimum Gasteiger partial charge on any atom is -0.443 e. The molecular weight excluding hydrogens is 401 g/mol. The maximum atomic E-state index is 12.9. The minimum absolute atomic E-state index is 0.457. The van der Waals surface area contributed by atoms with Crippen molar-refractivity contribution in [2.24, 2.45) is 0 Å². The third-order valence-electron chi connectivity index (χ3n) is 4.45. The van der Waals surface area contributed by atoms with Crippen molar-refractivity contribution < 1.29 is 14.3 Å². The third kappa shape index (κ3) is 3.93. The highest BCUT2D eigenvalue weighted by atomic mass is 35.5. The van der Waals surface area contributed by atoms with E-state index in [1.54, 1.807) is 45.0 Å². The van der Waals surface area contributed by atoms with Crippen LogP contribution < -0.4 is 5.32 Å². The average Bonchev–Trinajstić information content (AvgIpc) is 2.86. The molecule has 28 heavy (non-hydrogen) atoms. The quantitative estimate of drug-likeness (QED) is 0.713. The number of aromatic nitrogens is 1. The molecule has 1 aliphatic rings. The Balaban J connectivity index is 2.11. The summed E-state index contributed by atoms with van der Waals surface area (Å²) in [4.78, 5) is 31.1. The summed E-state index contributed by atoms with van der Waals surface area (Å²) >= 11 is 12.0. The molecule has 0 saturated carbocycles. The zero-order valence-electron chi connectivity index (χ0n) is 16.0. The van der Waals surface area contributed by atoms with Gasteiger partial charge >= 0.3 is 12.1 Å². The van der Waals surface area contributed by atoms with E-state index in [2.05, 4.69) is 10.3 Å². The first kappa shape index (κ1) is 20.4. The molecule has 2 aromatic rings. The number of halogens is 2. The van der Waals surface area contributed by atoms with Gasteiger partial charge in [-0.05, 0) is 57.5 Å². The number of pyridine rings is 1. The number of ether oxygens (including phenoxy) is 1. The normalized spacial score (nSPS) is 22.1. The summed E-state index contributed by atoms with van der Waals surface area (Å²) in [5, 5.41) is 3.94. The number of rotatable bonds is 2. The van der Waals surface area contributed by atoms with Crippen molar-refractivity contribution in [1.82, 2.24) is 15.2 Å². The summed E-state index contributed by atoms with van der Waals surface area (Å²) in [7, 11) is 0. The van der Waals surface area contributed by atoms with E-state index < -0.39 is 29.3 Å². The fraction of sp³-hybridized carbons (Fsp3) is 0.350. The molecule has 3 amide bonds. The van der Waals surface area contributed by atoms with Gasteiger partial charge in [-0.25, -0.2) is 14.5 Å². The van der Waals surface area contributed by atoms with E-state index in [4.69, 9.17) is 27.9 Å². The number of carbonyl (C=O) groups excluding carboxylic acids is 2. The van der Waals surface area contributed by atoms with Crippen LogP contribution in [0.1, 0.15) is 45.0 Å². The van der Waals surface area contributed by atoms with Crippen LogP contribution in [0, 0.1) is 0 Å². The smallest absolute Gasteiger partial charge is 0.419 e. The lowest BCUT2D eigenvalue weighted by Crippen LogP contribution is -2.41. The van der Waals surface area contributed by atoms with Gasteiger partial charge in [-0.15, -0.1) is 0 Å². The molecule has 1 fully saturated rings. The molecule has 1 saturated heterocycles. The van der Waals surface area contributed by atoms with Crippen molar-refractivity contribution in [2.75, 3.05) is 0 Å². The number of nitrogens with zero attached hydrogens (tertiary/aromatic N) is 2. The standard InChI is InChI=1S/C20H21Cl2N3O3/c1-19(2,3)28-18(27)25-16(15-10-9-14(22)11-23-15)20(4,24-17(25)26)12-5-7-13(21)8-6-12/h5-11,16H,1-4H3,(H,24,26). The van der Waals surface area contributed by atoms with Gasteiger partial charge in [0.05, 0.1) is 16.3 Å². The largest absolute Gasteiger partial charge is 0.443 e. The Bertz CT molecular complexity index is 894. The van der Waals surface area contributed by atoms with Gasteiger partial charge in [0.2, 0.25) is 0 Å². The fourth-order valence-corrected chi connectivity index (χ4v) is 3.47. The molecule has 1 aromatic carbocycles. The molecule has 2 atom stereocenters. The van der Waals surface area contributed by atoms with Crippen LogP contribution in [0.5, 0.6) is 0 Å². The predicted molar refractivity (Wildman–Crippen MR) is 107 cm³/mol. The molecular formula is C20H21Cl2N3O3. The number of imide groups is 1. The zero-order chi connectivity index (χ0) is 20.7. The fourth-order valence-electron chi connectivity index (χ4n) is 3.23. The maximum Gasteiger partial charge on any atom is 0.419 e. The van der Waals surface area contributed by atoms with E-state index in [9.17, 15) is 9.59 Å². The summed E-state index contributed by atoms with van der Waals surface area (Å²) in [6.07, 6.45) is 0.735. The van der Waals surface area contributed by atoms with Gasteiger partial charge in [0.25, 0.3) is 0 Å². The third-order valence-corrected chi connectivity index (χ3v) is 4.93. The molecule has 1 aliphatic heterocycles. The second-order valence-corrected chi connectivity index (χ2v) is 8.67. The highest BCUT2D eigenvalue weighted by Crippen LogP contribution is 2.44. The van der Waals surface area contributed by atoms with E-state index in [1.165, 1.54) is 6.20 Å². The lowest BCUT2D eigenvalue weighted by molar-refractivity contribution is 0.0259. The number of hydrogen-bond acceptors (Lipinski definition) is 4. The van der Waals surface area contributed by atoms with Crippen LogP contribution in [-0.2, 0) is 10.3 Å². The van der Waals surface area contributed by atoms with Gasteiger partial charge in [0, 0.05) is 11.2 Å². The van der Waals surface area contributed by atoms with Crippen LogP contribution in [0.4, 0.5) is 9.59 Å². The van der Waals surface area contributed by atoms with Crippen molar-refractivity contribution in [3.8, 4) is 0 Å². The Morgan fingerprint density at radius 1 is 1.14 bits per heavy atom. The first-order chi connectivity index (χ1) is 13.0. The van der Waals surface area contributed by atoms with Crippen LogP contribution in [0.3, 0.4) is 0 Å². The Kier molecular flexibility index (Phi) is 5.30. The van der Waals surface area contributed by atoms with Gasteiger partial charge in [-0.2, -0.15) is 0 Å². The lowest BCUT2D eigenvalue weighted by atomic mass is 9.83. The first-order valence-electron chi connectivity index (χ1n) is 8.73. The first-order valence-corrected chi connectivity index (χ1v) is 9.49. The second-order valence-electron chi connectivity index (χ2n) is 7.79. The van der Waals surface area contributed by atoms with E-state index in [0.717, 1.165) is 10.5 Å². The number of benzene rings is 1. The van der Waals surface area contributed by atoms with Crippen LogP contribution in [0.25, 0.3) is 0 Å². The van der Waals surface area contributed by atoms with Crippen molar-refractivity contribution >= 4 is 35.3 Å². The van der Waals surface area contributed by atoms with Gasteiger partial charge in [0.1, 0.15) is 11.6 Å². The molecule has 2 heterocycles. The molecule has 0 aliphatic carbocycles. The summed E-state index contributed by atoms with van der Waals surface area (Å²) in [6, 6.07) is 9.14. The second kappa shape index (κ2) is 7.26. The van der Waals surface area contributed by atoms with Crippen molar-refractivity contribution in [1.29, 1.82) is 0 Å². The molecule has 148 valence electrons. The Labute approximate surface area is 173 Å². The van der Waals surface area contributed by atoms with Crippen LogP contribution in [0.15, 0.2) is 42.6 Å². The molecule has 6 nitrogen and oxygen atoms in total. The van der Waals surface area contributed by atoms with Gasteiger partial charge in [-0.1, -0.05) is 35.3 Å². The van der Waals surface area contributed by atoms with Gasteiger partial charge in [0.15, 0.2) is 0 Å². The molecule has 8 heteroatoms. The summed E-state index contributed by atoms with van der Waals surface area (Å²) < 4.78 is 5.47. The van der Waals surface area contributed by atoms with Crippen LogP contribution in [-0.4, -0.2) is 27.6 Å². The molecule has 1 N–H and O–H groups in total. The molecule has 0 radical (unpaired) electrons. The Morgan fingerprint density at radius 3 is 2.29 bits per heavy atom.